The van der Waals surface area contributed by atoms with Crippen LogP contribution in [-0.4, -0.2) is 31.8 Å². The summed E-state index contributed by atoms with van der Waals surface area (Å²) in [6.45, 7) is 1.95. The Morgan fingerprint density at radius 1 is 1.04 bits per heavy atom. The lowest BCUT2D eigenvalue weighted by Crippen LogP contribution is -2.20. The van der Waals surface area contributed by atoms with Gasteiger partial charge in [0.15, 0.2) is 0 Å². The molecule has 0 N–H and O–H groups in total. The fourth-order valence-electron chi connectivity index (χ4n) is 1.84. The Balaban J connectivity index is 2.06. The molecule has 0 aliphatic rings. The smallest absolute Gasteiger partial charge is 0.337 e. The third kappa shape index (κ3) is 9.92. The Morgan fingerprint density at radius 2 is 1.78 bits per heavy atom. The molecule has 0 atom stereocenters. The van der Waals surface area contributed by atoms with Crippen molar-refractivity contribution in [3.05, 3.63) is 29.3 Å². The molecule has 0 unspecified atom stereocenters. The third-order valence-electron chi connectivity index (χ3n) is 2.98. The zero-order valence-corrected chi connectivity index (χ0v) is 14.1. The molecule has 0 fully saturated rings. The van der Waals surface area contributed by atoms with E-state index in [4.69, 9.17) is 25.8 Å². The lowest BCUT2D eigenvalue weighted by molar-refractivity contribution is -0.152. The Kier molecular flexibility index (Phi) is 10.1. The molecule has 128 valence electrons. The highest BCUT2D eigenvalue weighted by molar-refractivity contribution is 6.30. The van der Waals surface area contributed by atoms with Crippen LogP contribution >= 0.6 is 11.6 Å². The van der Waals surface area contributed by atoms with E-state index in [0.29, 0.717) is 17.4 Å². The highest BCUT2D eigenvalue weighted by Crippen LogP contribution is 2.17. The molecule has 0 saturated carbocycles. The fraction of sp³-hybridized carbons (Fsp3) is 0.529. The number of esters is 2. The molecule has 0 saturated heterocycles. The van der Waals surface area contributed by atoms with E-state index < -0.39 is 11.9 Å². The molecule has 0 radical (unpaired) electrons. The van der Waals surface area contributed by atoms with E-state index in [2.05, 4.69) is 6.92 Å². The van der Waals surface area contributed by atoms with Gasteiger partial charge < -0.3 is 14.2 Å². The van der Waals surface area contributed by atoms with Crippen molar-refractivity contribution in [2.24, 2.45) is 0 Å². The Morgan fingerprint density at radius 3 is 2.52 bits per heavy atom. The largest absolute Gasteiger partial charge is 0.464 e. The SMILES string of the molecule is CCCCCCCOC(=O)COCC(=O)Oc1cccc(Cl)c1. The van der Waals surface area contributed by atoms with Crippen LogP contribution in [0.2, 0.25) is 5.02 Å². The van der Waals surface area contributed by atoms with E-state index in [9.17, 15) is 9.59 Å². The molecule has 0 heterocycles. The van der Waals surface area contributed by atoms with Crippen LogP contribution in [0, 0.1) is 0 Å². The van der Waals surface area contributed by atoms with Crippen molar-refractivity contribution < 1.29 is 23.8 Å². The van der Waals surface area contributed by atoms with Crippen LogP contribution in [0.15, 0.2) is 24.3 Å². The number of carbonyl (C=O) groups excluding carboxylic acids is 2. The highest BCUT2D eigenvalue weighted by Gasteiger charge is 2.08. The number of carbonyl (C=O) groups is 2. The third-order valence-corrected chi connectivity index (χ3v) is 3.21. The minimum Gasteiger partial charge on any atom is -0.464 e. The molecule has 5 nitrogen and oxygen atoms in total. The summed E-state index contributed by atoms with van der Waals surface area (Å²) in [6.07, 6.45) is 5.43. The van der Waals surface area contributed by atoms with E-state index in [1.165, 1.54) is 18.9 Å². The van der Waals surface area contributed by atoms with Gasteiger partial charge in [0.2, 0.25) is 0 Å². The number of ether oxygens (including phenoxy) is 3. The van der Waals surface area contributed by atoms with Crippen LogP contribution in [0.5, 0.6) is 5.75 Å². The van der Waals surface area contributed by atoms with Gasteiger partial charge in [-0.15, -0.1) is 0 Å². The molecular formula is C17H23ClO5. The quantitative estimate of drug-likeness (QED) is 0.348. The van der Waals surface area contributed by atoms with Gasteiger partial charge in [0.1, 0.15) is 19.0 Å². The molecule has 0 bridgehead atoms. The van der Waals surface area contributed by atoms with Crippen molar-refractivity contribution in [3.8, 4) is 5.75 Å². The summed E-state index contributed by atoms with van der Waals surface area (Å²) in [5, 5.41) is 0.471. The standard InChI is InChI=1S/C17H23ClO5/c1-2-3-4-5-6-10-22-16(19)12-21-13-17(20)23-15-9-7-8-14(18)11-15/h7-9,11H,2-6,10,12-13H2,1H3. The first-order chi connectivity index (χ1) is 11.1. The lowest BCUT2D eigenvalue weighted by atomic mass is 10.2. The first-order valence-electron chi connectivity index (χ1n) is 7.81. The molecule has 1 aromatic carbocycles. The fourth-order valence-corrected chi connectivity index (χ4v) is 2.02. The normalized spacial score (nSPS) is 10.3. The second-order valence-corrected chi connectivity index (χ2v) is 5.50. The predicted octanol–water partition coefficient (Wildman–Crippen LogP) is 3.78. The molecule has 0 aliphatic carbocycles. The second kappa shape index (κ2) is 11.9. The number of hydrogen-bond donors (Lipinski definition) is 0. The topological polar surface area (TPSA) is 61.8 Å². The van der Waals surface area contributed by atoms with Gasteiger partial charge in [-0.05, 0) is 24.6 Å². The van der Waals surface area contributed by atoms with Crippen LogP contribution in [0.1, 0.15) is 39.0 Å². The number of unbranched alkanes of at least 4 members (excludes halogenated alkanes) is 4. The molecule has 0 aromatic heterocycles. The van der Waals surface area contributed by atoms with E-state index in [0.717, 1.165) is 19.3 Å². The molecular weight excluding hydrogens is 320 g/mol. The minimum atomic E-state index is -0.598. The van der Waals surface area contributed by atoms with Gasteiger partial charge in [0.25, 0.3) is 0 Å². The Labute approximate surface area is 141 Å². The van der Waals surface area contributed by atoms with Crippen molar-refractivity contribution in [3.63, 3.8) is 0 Å². The number of benzene rings is 1. The van der Waals surface area contributed by atoms with E-state index in [1.54, 1.807) is 18.2 Å². The zero-order chi connectivity index (χ0) is 16.9. The lowest BCUT2D eigenvalue weighted by Gasteiger charge is -2.06. The first kappa shape index (κ1) is 19.5. The second-order valence-electron chi connectivity index (χ2n) is 5.06. The summed E-state index contributed by atoms with van der Waals surface area (Å²) in [7, 11) is 0. The van der Waals surface area contributed by atoms with Gasteiger partial charge in [0, 0.05) is 5.02 Å². The van der Waals surface area contributed by atoms with Gasteiger partial charge in [0.05, 0.1) is 6.61 Å². The van der Waals surface area contributed by atoms with Crippen LogP contribution in [0.3, 0.4) is 0 Å². The Hall–Kier alpha value is -1.59. The molecule has 0 amide bonds. The molecule has 0 spiro atoms. The maximum Gasteiger partial charge on any atom is 0.337 e. The van der Waals surface area contributed by atoms with Crippen LogP contribution in [0.25, 0.3) is 0 Å². The van der Waals surface area contributed by atoms with Crippen molar-refractivity contribution >= 4 is 23.5 Å². The summed E-state index contributed by atoms with van der Waals surface area (Å²) in [6, 6.07) is 6.47. The van der Waals surface area contributed by atoms with Crippen molar-refractivity contribution in [2.75, 3.05) is 19.8 Å². The van der Waals surface area contributed by atoms with Gasteiger partial charge in [-0.2, -0.15) is 0 Å². The van der Waals surface area contributed by atoms with Crippen LogP contribution < -0.4 is 4.74 Å². The average Bonchev–Trinajstić information content (AvgIpc) is 2.50. The summed E-state index contributed by atoms with van der Waals surface area (Å²) in [4.78, 5) is 22.9. The monoisotopic (exact) mass is 342 g/mol. The molecule has 1 rings (SSSR count). The van der Waals surface area contributed by atoms with Crippen molar-refractivity contribution in [2.45, 2.75) is 39.0 Å². The summed E-state index contributed by atoms with van der Waals surface area (Å²) < 4.78 is 15.0. The number of rotatable bonds is 11. The first-order valence-corrected chi connectivity index (χ1v) is 8.19. The highest BCUT2D eigenvalue weighted by atomic mass is 35.5. The minimum absolute atomic E-state index is 0.264. The number of halogens is 1. The van der Waals surface area contributed by atoms with E-state index in [1.807, 2.05) is 0 Å². The van der Waals surface area contributed by atoms with Gasteiger partial charge in [-0.1, -0.05) is 50.3 Å². The predicted molar refractivity (Wildman–Crippen MR) is 87.6 cm³/mol. The molecule has 1 aromatic rings. The van der Waals surface area contributed by atoms with Gasteiger partial charge in [-0.3, -0.25) is 0 Å². The summed E-state index contributed by atoms with van der Waals surface area (Å²) in [5.74, 6) is -0.739. The average molecular weight is 343 g/mol. The maximum atomic E-state index is 11.5. The maximum absolute atomic E-state index is 11.5. The summed E-state index contributed by atoms with van der Waals surface area (Å²) >= 11 is 5.78. The molecule has 23 heavy (non-hydrogen) atoms. The van der Waals surface area contributed by atoms with Crippen molar-refractivity contribution in [1.29, 1.82) is 0 Å². The van der Waals surface area contributed by atoms with Crippen LogP contribution in [-0.2, 0) is 19.1 Å². The Bertz CT molecular complexity index is 490. The number of hydrogen-bond acceptors (Lipinski definition) is 5. The van der Waals surface area contributed by atoms with E-state index >= 15 is 0 Å². The van der Waals surface area contributed by atoms with Gasteiger partial charge >= 0.3 is 11.9 Å². The summed E-state index contributed by atoms with van der Waals surface area (Å²) in [5.41, 5.74) is 0. The van der Waals surface area contributed by atoms with Gasteiger partial charge in [-0.25, -0.2) is 9.59 Å². The van der Waals surface area contributed by atoms with Crippen molar-refractivity contribution in [1.82, 2.24) is 0 Å². The van der Waals surface area contributed by atoms with E-state index in [-0.39, 0.29) is 13.2 Å². The van der Waals surface area contributed by atoms with Crippen LogP contribution in [0.4, 0.5) is 0 Å². The zero-order valence-electron chi connectivity index (χ0n) is 13.4. The molecule has 0 aliphatic heterocycles. The molecule has 6 heteroatoms.